The van der Waals surface area contributed by atoms with E-state index < -0.39 is 0 Å². The van der Waals surface area contributed by atoms with Gasteiger partial charge in [0, 0.05) is 17.8 Å². The SMILES string of the molecule is O=C(Cc1cscn1)NCc1cnccn1. The van der Waals surface area contributed by atoms with Crippen LogP contribution in [0.4, 0.5) is 0 Å². The van der Waals surface area contributed by atoms with Crippen LogP contribution in [0.2, 0.25) is 0 Å². The van der Waals surface area contributed by atoms with E-state index in [0.717, 1.165) is 11.4 Å². The molecular weight excluding hydrogens is 224 g/mol. The number of carbonyl (C=O) groups excluding carboxylic acids is 1. The van der Waals surface area contributed by atoms with Crippen molar-refractivity contribution >= 4 is 17.2 Å². The molecule has 2 aromatic rings. The van der Waals surface area contributed by atoms with E-state index in [0.29, 0.717) is 13.0 Å². The van der Waals surface area contributed by atoms with Crippen LogP contribution >= 0.6 is 11.3 Å². The Morgan fingerprint density at radius 1 is 1.31 bits per heavy atom. The first-order valence-corrected chi connectivity index (χ1v) is 5.67. The van der Waals surface area contributed by atoms with Crippen LogP contribution in [0.3, 0.4) is 0 Å². The van der Waals surface area contributed by atoms with Crippen LogP contribution in [0, 0.1) is 0 Å². The number of thiazole rings is 1. The lowest BCUT2D eigenvalue weighted by Gasteiger charge is -2.02. The molecule has 0 bridgehead atoms. The van der Waals surface area contributed by atoms with Crippen LogP contribution in [0.1, 0.15) is 11.4 Å². The van der Waals surface area contributed by atoms with Gasteiger partial charge in [0.15, 0.2) is 0 Å². The third-order valence-electron chi connectivity index (χ3n) is 1.91. The van der Waals surface area contributed by atoms with Crippen molar-refractivity contribution in [2.75, 3.05) is 0 Å². The summed E-state index contributed by atoms with van der Waals surface area (Å²) in [6, 6.07) is 0. The number of aromatic nitrogens is 3. The average Bonchev–Trinajstić information content (AvgIpc) is 2.81. The molecule has 0 saturated heterocycles. The number of carbonyl (C=O) groups is 1. The molecule has 0 unspecified atom stereocenters. The van der Waals surface area contributed by atoms with Gasteiger partial charge in [0.05, 0.1) is 36.1 Å². The van der Waals surface area contributed by atoms with Crippen molar-refractivity contribution < 1.29 is 4.79 Å². The summed E-state index contributed by atoms with van der Waals surface area (Å²) in [5.41, 5.74) is 3.25. The zero-order valence-corrected chi connectivity index (χ0v) is 9.28. The van der Waals surface area contributed by atoms with Crippen LogP contribution in [0.25, 0.3) is 0 Å². The van der Waals surface area contributed by atoms with Crippen LogP contribution in [-0.2, 0) is 17.8 Å². The van der Waals surface area contributed by atoms with E-state index in [-0.39, 0.29) is 5.91 Å². The monoisotopic (exact) mass is 234 g/mol. The molecule has 82 valence electrons. The molecule has 16 heavy (non-hydrogen) atoms. The molecule has 2 rings (SSSR count). The molecule has 1 amide bonds. The van der Waals surface area contributed by atoms with E-state index in [4.69, 9.17) is 0 Å². The number of hydrogen-bond acceptors (Lipinski definition) is 5. The summed E-state index contributed by atoms with van der Waals surface area (Å²) in [6.45, 7) is 0.400. The van der Waals surface area contributed by atoms with Gasteiger partial charge in [0.2, 0.25) is 5.91 Å². The van der Waals surface area contributed by atoms with Gasteiger partial charge in [-0.3, -0.25) is 14.8 Å². The lowest BCUT2D eigenvalue weighted by molar-refractivity contribution is -0.120. The van der Waals surface area contributed by atoms with Gasteiger partial charge in [0.25, 0.3) is 0 Å². The van der Waals surface area contributed by atoms with Crippen molar-refractivity contribution in [3.8, 4) is 0 Å². The maximum absolute atomic E-state index is 11.5. The fourth-order valence-corrected chi connectivity index (χ4v) is 1.72. The molecule has 2 heterocycles. The van der Waals surface area contributed by atoms with E-state index in [1.165, 1.54) is 11.3 Å². The Morgan fingerprint density at radius 2 is 2.25 bits per heavy atom. The van der Waals surface area contributed by atoms with Crippen molar-refractivity contribution in [3.05, 3.63) is 40.9 Å². The maximum Gasteiger partial charge on any atom is 0.226 e. The molecule has 5 nitrogen and oxygen atoms in total. The summed E-state index contributed by atoms with van der Waals surface area (Å²) in [7, 11) is 0. The molecule has 0 aliphatic carbocycles. The predicted molar refractivity (Wildman–Crippen MR) is 59.7 cm³/mol. The molecule has 0 radical (unpaired) electrons. The number of nitrogens with zero attached hydrogens (tertiary/aromatic N) is 3. The summed E-state index contributed by atoms with van der Waals surface area (Å²) in [5, 5.41) is 4.62. The topological polar surface area (TPSA) is 67.8 Å². The summed E-state index contributed by atoms with van der Waals surface area (Å²) >= 11 is 1.48. The van der Waals surface area contributed by atoms with Gasteiger partial charge < -0.3 is 5.32 Å². The summed E-state index contributed by atoms with van der Waals surface area (Å²) in [6.07, 6.45) is 5.13. The van der Waals surface area contributed by atoms with E-state index in [1.54, 1.807) is 24.1 Å². The van der Waals surface area contributed by atoms with Gasteiger partial charge in [-0.05, 0) is 0 Å². The van der Waals surface area contributed by atoms with Gasteiger partial charge in [-0.1, -0.05) is 0 Å². The summed E-state index contributed by atoms with van der Waals surface area (Å²) < 4.78 is 0. The average molecular weight is 234 g/mol. The summed E-state index contributed by atoms with van der Waals surface area (Å²) in [5.74, 6) is -0.0587. The van der Waals surface area contributed by atoms with Crippen LogP contribution in [0.5, 0.6) is 0 Å². The molecule has 0 aliphatic rings. The van der Waals surface area contributed by atoms with Crippen molar-refractivity contribution in [1.82, 2.24) is 20.3 Å². The lowest BCUT2D eigenvalue weighted by Crippen LogP contribution is -2.25. The minimum atomic E-state index is -0.0587. The van der Waals surface area contributed by atoms with Crippen molar-refractivity contribution in [2.24, 2.45) is 0 Å². The lowest BCUT2D eigenvalue weighted by atomic mass is 10.3. The standard InChI is InChI=1S/C10H10N4OS/c15-10(3-8-6-16-7-14-8)13-5-9-4-11-1-2-12-9/h1-2,4,6-7H,3,5H2,(H,13,15). The third-order valence-corrected chi connectivity index (χ3v) is 2.54. The first-order valence-electron chi connectivity index (χ1n) is 4.73. The maximum atomic E-state index is 11.5. The predicted octanol–water partition coefficient (Wildman–Crippen LogP) is 0.792. The second-order valence-corrected chi connectivity index (χ2v) is 3.85. The minimum Gasteiger partial charge on any atom is -0.350 e. The second-order valence-electron chi connectivity index (χ2n) is 3.13. The normalized spacial score (nSPS) is 10.0. The Morgan fingerprint density at radius 3 is 2.94 bits per heavy atom. The van der Waals surface area contributed by atoms with Gasteiger partial charge in [-0.15, -0.1) is 11.3 Å². The Bertz CT molecular complexity index is 443. The summed E-state index contributed by atoms with van der Waals surface area (Å²) in [4.78, 5) is 23.5. The molecule has 0 aromatic carbocycles. The van der Waals surface area contributed by atoms with Crippen molar-refractivity contribution in [1.29, 1.82) is 0 Å². The Kier molecular flexibility index (Phi) is 3.55. The van der Waals surface area contributed by atoms with Crippen molar-refractivity contribution in [2.45, 2.75) is 13.0 Å². The van der Waals surface area contributed by atoms with Gasteiger partial charge in [0.1, 0.15) is 0 Å². The second kappa shape index (κ2) is 5.32. The first-order chi connectivity index (χ1) is 7.84. The minimum absolute atomic E-state index is 0.0587. The molecule has 0 fully saturated rings. The van der Waals surface area contributed by atoms with E-state index in [9.17, 15) is 4.79 Å². The first kappa shape index (κ1) is 10.7. The number of rotatable bonds is 4. The number of hydrogen-bond donors (Lipinski definition) is 1. The van der Waals surface area contributed by atoms with Crippen LogP contribution in [0.15, 0.2) is 29.5 Å². The van der Waals surface area contributed by atoms with Gasteiger partial charge in [-0.2, -0.15) is 0 Å². The largest absolute Gasteiger partial charge is 0.350 e. The molecule has 0 atom stereocenters. The molecule has 0 spiro atoms. The Balaban J connectivity index is 1.80. The highest BCUT2D eigenvalue weighted by Crippen LogP contribution is 2.01. The van der Waals surface area contributed by atoms with Gasteiger partial charge in [-0.25, -0.2) is 4.98 Å². The van der Waals surface area contributed by atoms with Crippen molar-refractivity contribution in [3.63, 3.8) is 0 Å². The number of nitrogens with one attached hydrogen (secondary N) is 1. The van der Waals surface area contributed by atoms with Crippen LogP contribution < -0.4 is 5.32 Å². The number of amides is 1. The fraction of sp³-hybridized carbons (Fsp3) is 0.200. The third kappa shape index (κ3) is 3.09. The fourth-order valence-electron chi connectivity index (χ4n) is 1.16. The molecular formula is C10H10N4OS. The molecule has 0 saturated carbocycles. The van der Waals surface area contributed by atoms with Crippen LogP contribution in [-0.4, -0.2) is 20.9 Å². The highest BCUT2D eigenvalue weighted by molar-refractivity contribution is 7.07. The quantitative estimate of drug-likeness (QED) is 0.849. The highest BCUT2D eigenvalue weighted by Gasteiger charge is 2.04. The molecule has 6 heteroatoms. The smallest absolute Gasteiger partial charge is 0.226 e. The van der Waals surface area contributed by atoms with Gasteiger partial charge >= 0.3 is 0 Å². The molecule has 2 aromatic heterocycles. The van der Waals surface area contributed by atoms with E-state index in [2.05, 4.69) is 20.3 Å². The van der Waals surface area contributed by atoms with E-state index in [1.807, 2.05) is 5.38 Å². The highest BCUT2D eigenvalue weighted by atomic mass is 32.1. The molecule has 0 aliphatic heterocycles. The Labute approximate surface area is 96.6 Å². The zero-order valence-electron chi connectivity index (χ0n) is 8.46. The van der Waals surface area contributed by atoms with E-state index >= 15 is 0 Å². The molecule has 1 N–H and O–H groups in total. The zero-order chi connectivity index (χ0) is 11.2. The Hall–Kier alpha value is -1.82.